The Kier molecular flexibility index (Phi) is 2.10. The van der Waals surface area contributed by atoms with Crippen LogP contribution in [-0.4, -0.2) is 22.1 Å². The summed E-state index contributed by atoms with van der Waals surface area (Å²) in [5.41, 5.74) is 2.56. The third-order valence-electron chi connectivity index (χ3n) is 3.17. The molecule has 1 unspecified atom stereocenters. The lowest BCUT2D eigenvalue weighted by Gasteiger charge is -2.06. The van der Waals surface area contributed by atoms with E-state index in [1.54, 1.807) is 0 Å². The molecule has 1 aliphatic rings. The monoisotopic (exact) mass is 207 g/mol. The predicted octanol–water partition coefficient (Wildman–Crippen LogP) is 1.55. The van der Waals surface area contributed by atoms with E-state index in [9.17, 15) is 4.79 Å². The molecule has 0 spiro atoms. The van der Waals surface area contributed by atoms with Gasteiger partial charge in [-0.25, -0.2) is 0 Å². The van der Waals surface area contributed by atoms with Gasteiger partial charge in [0.1, 0.15) is 0 Å². The SMILES string of the molecule is Cc1n[nH]c(C)c1C(=O)NC1CC1(C)C. The third-order valence-corrected chi connectivity index (χ3v) is 3.17. The Morgan fingerprint density at radius 1 is 1.53 bits per heavy atom. The Balaban J connectivity index is 2.09. The Labute approximate surface area is 89.5 Å². The smallest absolute Gasteiger partial charge is 0.255 e. The number of amides is 1. The zero-order valence-electron chi connectivity index (χ0n) is 9.64. The first-order chi connectivity index (χ1) is 6.92. The molecule has 2 N–H and O–H groups in total. The van der Waals surface area contributed by atoms with Crippen LogP contribution in [0.5, 0.6) is 0 Å². The second-order valence-electron chi connectivity index (χ2n) is 5.03. The maximum absolute atomic E-state index is 11.9. The number of H-pyrrole nitrogens is 1. The fraction of sp³-hybridized carbons (Fsp3) is 0.636. The van der Waals surface area contributed by atoms with Crippen LogP contribution in [0.1, 0.15) is 42.0 Å². The standard InChI is InChI=1S/C11H17N3O/c1-6-9(7(2)14-13-6)10(15)12-8-5-11(8,3)4/h8H,5H2,1-4H3,(H,12,15)(H,13,14). The molecule has 1 saturated carbocycles. The van der Waals surface area contributed by atoms with Crippen LogP contribution in [0.2, 0.25) is 0 Å². The van der Waals surface area contributed by atoms with Gasteiger partial charge in [-0.05, 0) is 25.7 Å². The number of rotatable bonds is 2. The number of aromatic amines is 1. The number of carbonyl (C=O) groups is 1. The van der Waals surface area contributed by atoms with E-state index >= 15 is 0 Å². The van der Waals surface area contributed by atoms with E-state index in [1.807, 2.05) is 13.8 Å². The second-order valence-corrected chi connectivity index (χ2v) is 5.03. The van der Waals surface area contributed by atoms with E-state index in [-0.39, 0.29) is 11.3 Å². The molecule has 0 aromatic carbocycles. The highest BCUT2D eigenvalue weighted by atomic mass is 16.1. The number of carbonyl (C=O) groups excluding carboxylic acids is 1. The molecule has 2 rings (SSSR count). The van der Waals surface area contributed by atoms with Crippen molar-refractivity contribution in [1.82, 2.24) is 15.5 Å². The average molecular weight is 207 g/mol. The van der Waals surface area contributed by atoms with Gasteiger partial charge in [0.25, 0.3) is 5.91 Å². The maximum atomic E-state index is 11.9. The summed E-state index contributed by atoms with van der Waals surface area (Å²) in [5, 5.41) is 9.87. The summed E-state index contributed by atoms with van der Waals surface area (Å²) in [6, 6.07) is 0.318. The number of hydrogen-bond acceptors (Lipinski definition) is 2. The molecule has 0 saturated heterocycles. The molecule has 1 heterocycles. The summed E-state index contributed by atoms with van der Waals surface area (Å²) in [4.78, 5) is 11.9. The molecule has 1 atom stereocenters. The Morgan fingerprint density at radius 2 is 2.13 bits per heavy atom. The Bertz CT molecular complexity index is 386. The largest absolute Gasteiger partial charge is 0.349 e. The van der Waals surface area contributed by atoms with Gasteiger partial charge in [-0.1, -0.05) is 13.8 Å². The fourth-order valence-corrected chi connectivity index (χ4v) is 1.83. The summed E-state index contributed by atoms with van der Waals surface area (Å²) < 4.78 is 0. The van der Waals surface area contributed by atoms with Crippen molar-refractivity contribution in [3.05, 3.63) is 17.0 Å². The Morgan fingerprint density at radius 3 is 2.53 bits per heavy atom. The first-order valence-electron chi connectivity index (χ1n) is 5.24. The van der Waals surface area contributed by atoms with E-state index in [0.717, 1.165) is 17.8 Å². The van der Waals surface area contributed by atoms with Gasteiger partial charge in [-0.2, -0.15) is 5.10 Å². The van der Waals surface area contributed by atoms with Crippen LogP contribution in [0.4, 0.5) is 0 Å². The molecule has 0 bridgehead atoms. The van der Waals surface area contributed by atoms with E-state index in [0.29, 0.717) is 11.6 Å². The molecule has 4 heteroatoms. The lowest BCUT2D eigenvalue weighted by atomic mass is 10.1. The lowest BCUT2D eigenvalue weighted by molar-refractivity contribution is 0.0945. The topological polar surface area (TPSA) is 57.8 Å². The quantitative estimate of drug-likeness (QED) is 0.773. The molecule has 1 amide bonds. The highest BCUT2D eigenvalue weighted by Gasteiger charge is 2.46. The molecule has 0 radical (unpaired) electrons. The van der Waals surface area contributed by atoms with Gasteiger partial charge < -0.3 is 5.32 Å². The van der Waals surface area contributed by atoms with Crippen LogP contribution in [0, 0.1) is 19.3 Å². The van der Waals surface area contributed by atoms with Gasteiger partial charge in [0.15, 0.2) is 0 Å². The van der Waals surface area contributed by atoms with Crippen LogP contribution in [0.3, 0.4) is 0 Å². The summed E-state index contributed by atoms with van der Waals surface area (Å²) >= 11 is 0. The fourth-order valence-electron chi connectivity index (χ4n) is 1.83. The molecule has 1 aromatic rings. The summed E-state index contributed by atoms with van der Waals surface area (Å²) in [6.45, 7) is 8.03. The molecule has 15 heavy (non-hydrogen) atoms. The van der Waals surface area contributed by atoms with Crippen molar-refractivity contribution in [1.29, 1.82) is 0 Å². The predicted molar refractivity (Wildman–Crippen MR) is 57.7 cm³/mol. The number of hydrogen-bond donors (Lipinski definition) is 2. The number of nitrogens with zero attached hydrogens (tertiary/aromatic N) is 1. The molecule has 1 aliphatic carbocycles. The van der Waals surface area contributed by atoms with Crippen LogP contribution in [-0.2, 0) is 0 Å². The Hall–Kier alpha value is -1.32. The van der Waals surface area contributed by atoms with Gasteiger partial charge in [0, 0.05) is 11.7 Å². The summed E-state index contributed by atoms with van der Waals surface area (Å²) in [7, 11) is 0. The van der Waals surface area contributed by atoms with Crippen molar-refractivity contribution in [2.45, 2.75) is 40.2 Å². The second kappa shape index (κ2) is 3.08. The van der Waals surface area contributed by atoms with E-state index in [4.69, 9.17) is 0 Å². The minimum absolute atomic E-state index is 0.00525. The van der Waals surface area contributed by atoms with Gasteiger partial charge >= 0.3 is 0 Å². The molecular weight excluding hydrogens is 190 g/mol. The van der Waals surface area contributed by atoms with Gasteiger partial charge in [0.05, 0.1) is 11.3 Å². The number of aryl methyl sites for hydroxylation is 2. The molecule has 1 fully saturated rings. The van der Waals surface area contributed by atoms with Crippen molar-refractivity contribution in [3.8, 4) is 0 Å². The van der Waals surface area contributed by atoms with E-state index in [1.165, 1.54) is 0 Å². The minimum Gasteiger partial charge on any atom is -0.349 e. The normalized spacial score (nSPS) is 22.5. The number of aromatic nitrogens is 2. The van der Waals surface area contributed by atoms with Gasteiger partial charge in [0.2, 0.25) is 0 Å². The third kappa shape index (κ3) is 1.76. The first-order valence-corrected chi connectivity index (χ1v) is 5.24. The molecule has 82 valence electrons. The van der Waals surface area contributed by atoms with E-state index < -0.39 is 0 Å². The summed E-state index contributed by atoms with van der Waals surface area (Å²) in [6.07, 6.45) is 1.06. The summed E-state index contributed by atoms with van der Waals surface area (Å²) in [5.74, 6) is -0.00525. The first kappa shape index (κ1) is 10.2. The van der Waals surface area contributed by atoms with Crippen molar-refractivity contribution >= 4 is 5.91 Å². The van der Waals surface area contributed by atoms with Crippen molar-refractivity contribution in [2.75, 3.05) is 0 Å². The van der Waals surface area contributed by atoms with Crippen molar-refractivity contribution < 1.29 is 4.79 Å². The maximum Gasteiger partial charge on any atom is 0.255 e. The molecule has 0 aliphatic heterocycles. The molecular formula is C11H17N3O. The lowest BCUT2D eigenvalue weighted by Crippen LogP contribution is -2.29. The van der Waals surface area contributed by atoms with Gasteiger partial charge in [-0.3, -0.25) is 9.89 Å². The van der Waals surface area contributed by atoms with Gasteiger partial charge in [-0.15, -0.1) is 0 Å². The van der Waals surface area contributed by atoms with Crippen LogP contribution >= 0.6 is 0 Å². The highest BCUT2D eigenvalue weighted by Crippen LogP contribution is 2.44. The average Bonchev–Trinajstić information content (AvgIpc) is 2.53. The number of nitrogens with one attached hydrogen (secondary N) is 2. The highest BCUT2D eigenvalue weighted by molar-refractivity contribution is 5.96. The zero-order valence-corrected chi connectivity index (χ0v) is 9.64. The van der Waals surface area contributed by atoms with E-state index in [2.05, 4.69) is 29.4 Å². The van der Waals surface area contributed by atoms with Crippen molar-refractivity contribution in [3.63, 3.8) is 0 Å². The van der Waals surface area contributed by atoms with Crippen LogP contribution in [0.25, 0.3) is 0 Å². The van der Waals surface area contributed by atoms with Crippen molar-refractivity contribution in [2.24, 2.45) is 5.41 Å². The molecule has 1 aromatic heterocycles. The minimum atomic E-state index is -0.00525. The van der Waals surface area contributed by atoms with Crippen LogP contribution < -0.4 is 5.32 Å². The molecule has 4 nitrogen and oxygen atoms in total. The zero-order chi connectivity index (χ0) is 11.2. The van der Waals surface area contributed by atoms with Crippen LogP contribution in [0.15, 0.2) is 0 Å².